The van der Waals surface area contributed by atoms with E-state index in [4.69, 9.17) is 10.5 Å². The van der Waals surface area contributed by atoms with Crippen LogP contribution in [0.15, 0.2) is 36.5 Å². The number of aromatic nitrogens is 1. The maximum atomic E-state index is 5.52. The molecule has 0 saturated carbocycles. The number of nitrogens with two attached hydrogens (primary N) is 1. The minimum Gasteiger partial charge on any atom is -1.00 e. The highest BCUT2D eigenvalue weighted by molar-refractivity contribution is 5.77. The Hall–Kier alpha value is -1.32. The van der Waals surface area contributed by atoms with Gasteiger partial charge in [-0.05, 0) is 31.2 Å². The van der Waals surface area contributed by atoms with Crippen LogP contribution in [-0.4, -0.2) is 13.7 Å². The van der Waals surface area contributed by atoms with Crippen molar-refractivity contribution in [2.45, 2.75) is 19.4 Å². The molecule has 0 fully saturated rings. The molecule has 4 heteroatoms. The van der Waals surface area contributed by atoms with E-state index in [2.05, 4.69) is 35.0 Å². The van der Waals surface area contributed by atoms with Gasteiger partial charge in [-0.1, -0.05) is 0 Å². The summed E-state index contributed by atoms with van der Waals surface area (Å²) in [5, 5.41) is 1.21. The Kier molecular flexibility index (Phi) is 5.89. The topological polar surface area (TPSA) is 39.1 Å². The Morgan fingerprint density at radius 2 is 2.06 bits per heavy atom. The summed E-state index contributed by atoms with van der Waals surface area (Å²) in [4.78, 5) is 0. The van der Waals surface area contributed by atoms with Gasteiger partial charge in [0.15, 0.2) is 6.20 Å². The van der Waals surface area contributed by atoms with E-state index >= 15 is 0 Å². The fourth-order valence-corrected chi connectivity index (χ4v) is 2.01. The van der Waals surface area contributed by atoms with Gasteiger partial charge in [-0.25, -0.2) is 0 Å². The molecule has 0 bridgehead atoms. The summed E-state index contributed by atoms with van der Waals surface area (Å²) in [5.74, 6) is 0.900. The van der Waals surface area contributed by atoms with Crippen molar-refractivity contribution < 1.29 is 21.7 Å². The normalized spacial score (nSPS) is 10.1. The van der Waals surface area contributed by atoms with Crippen LogP contribution in [0.5, 0.6) is 5.75 Å². The van der Waals surface area contributed by atoms with Gasteiger partial charge in [0, 0.05) is 18.6 Å². The first-order valence-electron chi connectivity index (χ1n) is 6.01. The third-order valence-corrected chi connectivity index (χ3v) is 2.94. The number of benzene rings is 1. The predicted molar refractivity (Wildman–Crippen MR) is 69.0 cm³/mol. The fraction of sp³-hybridized carbons (Fsp3) is 0.357. The van der Waals surface area contributed by atoms with Crippen LogP contribution in [0.2, 0.25) is 0 Å². The van der Waals surface area contributed by atoms with E-state index in [9.17, 15) is 0 Å². The average Bonchev–Trinajstić information content (AvgIpc) is 2.38. The first-order chi connectivity index (χ1) is 8.35. The van der Waals surface area contributed by atoms with E-state index in [1.54, 1.807) is 7.11 Å². The molecule has 0 aliphatic heterocycles. The summed E-state index contributed by atoms with van der Waals surface area (Å²) >= 11 is 0. The second-order valence-electron chi connectivity index (χ2n) is 4.12. The van der Waals surface area contributed by atoms with Gasteiger partial charge in [-0.3, -0.25) is 0 Å². The molecule has 0 amide bonds. The van der Waals surface area contributed by atoms with Crippen LogP contribution in [0.3, 0.4) is 0 Å². The van der Waals surface area contributed by atoms with E-state index in [1.807, 2.05) is 6.07 Å². The van der Waals surface area contributed by atoms with Crippen LogP contribution >= 0.6 is 0 Å². The van der Waals surface area contributed by atoms with Gasteiger partial charge in [0.25, 0.3) is 0 Å². The summed E-state index contributed by atoms with van der Waals surface area (Å²) in [7, 11) is 1.69. The van der Waals surface area contributed by atoms with Gasteiger partial charge in [0.2, 0.25) is 5.52 Å². The largest absolute Gasteiger partial charge is 1.00 e. The van der Waals surface area contributed by atoms with E-state index in [0.29, 0.717) is 0 Å². The van der Waals surface area contributed by atoms with Gasteiger partial charge in [0.1, 0.15) is 12.3 Å². The van der Waals surface area contributed by atoms with E-state index < -0.39 is 0 Å². The second-order valence-corrected chi connectivity index (χ2v) is 4.12. The molecular weight excluding hydrogens is 248 g/mol. The molecule has 98 valence electrons. The third-order valence-electron chi connectivity index (χ3n) is 2.94. The van der Waals surface area contributed by atoms with Crippen molar-refractivity contribution in [2.24, 2.45) is 5.73 Å². The summed E-state index contributed by atoms with van der Waals surface area (Å²) in [6.45, 7) is 1.78. The lowest BCUT2D eigenvalue weighted by Gasteiger charge is -2.03. The van der Waals surface area contributed by atoms with Crippen molar-refractivity contribution in [1.82, 2.24) is 0 Å². The number of halogens is 1. The number of pyridine rings is 1. The van der Waals surface area contributed by atoms with Crippen LogP contribution < -0.4 is 27.4 Å². The number of hydrogen-bond acceptors (Lipinski definition) is 2. The molecule has 1 aromatic carbocycles. The summed E-state index contributed by atoms with van der Waals surface area (Å²) in [5.41, 5.74) is 6.76. The zero-order valence-electron chi connectivity index (χ0n) is 10.6. The number of hydrogen-bond donors (Lipinski definition) is 1. The molecule has 18 heavy (non-hydrogen) atoms. The highest BCUT2D eigenvalue weighted by Gasteiger charge is 2.08. The van der Waals surface area contributed by atoms with Crippen molar-refractivity contribution in [2.75, 3.05) is 13.7 Å². The summed E-state index contributed by atoms with van der Waals surface area (Å²) < 4.78 is 7.50. The number of fused-ring (bicyclic) bond motifs is 1. The van der Waals surface area contributed by atoms with Gasteiger partial charge < -0.3 is 22.9 Å². The Balaban J connectivity index is 0.00000162. The third kappa shape index (κ3) is 3.34. The number of nitrogens with zero attached hydrogens (tertiary/aromatic N) is 1. The molecule has 0 aliphatic carbocycles. The minimum atomic E-state index is 0. The monoisotopic (exact) mass is 266 g/mol. The van der Waals surface area contributed by atoms with Crippen molar-refractivity contribution in [1.29, 1.82) is 0 Å². The zero-order valence-corrected chi connectivity index (χ0v) is 11.4. The van der Waals surface area contributed by atoms with E-state index in [-0.39, 0.29) is 12.4 Å². The average molecular weight is 267 g/mol. The SMILES string of the molecule is COc1ccc2c(ccc[n+]2CCCCN)c1.[Cl-]. The lowest BCUT2D eigenvalue weighted by atomic mass is 10.2. The lowest BCUT2D eigenvalue weighted by molar-refractivity contribution is -0.671. The Bertz CT molecular complexity index is 502. The molecule has 3 nitrogen and oxygen atoms in total. The first-order valence-corrected chi connectivity index (χ1v) is 6.01. The van der Waals surface area contributed by atoms with Crippen LogP contribution in [0.1, 0.15) is 12.8 Å². The van der Waals surface area contributed by atoms with Crippen molar-refractivity contribution in [3.8, 4) is 5.75 Å². The van der Waals surface area contributed by atoms with Crippen LogP contribution in [0, 0.1) is 0 Å². The second kappa shape index (κ2) is 7.19. The maximum Gasteiger partial charge on any atom is 0.212 e. The first kappa shape index (κ1) is 14.7. The molecular formula is C14H19ClN2O. The molecule has 0 aliphatic rings. The smallest absolute Gasteiger partial charge is 0.212 e. The fourth-order valence-electron chi connectivity index (χ4n) is 2.01. The highest BCUT2D eigenvalue weighted by atomic mass is 35.5. The molecule has 2 N–H and O–H groups in total. The molecule has 2 aromatic rings. The van der Waals surface area contributed by atoms with Gasteiger partial charge in [0.05, 0.1) is 12.5 Å². The van der Waals surface area contributed by atoms with Gasteiger partial charge in [-0.15, -0.1) is 0 Å². The Morgan fingerprint density at radius 1 is 1.22 bits per heavy atom. The predicted octanol–water partition coefficient (Wildman–Crippen LogP) is -1.12. The quantitative estimate of drug-likeness (QED) is 0.550. The van der Waals surface area contributed by atoms with E-state index in [0.717, 1.165) is 31.7 Å². The Labute approximate surface area is 114 Å². The lowest BCUT2D eigenvalue weighted by Crippen LogP contribution is -3.00. The van der Waals surface area contributed by atoms with Crippen molar-refractivity contribution in [3.63, 3.8) is 0 Å². The molecule has 0 radical (unpaired) electrons. The molecule has 0 saturated heterocycles. The number of unbranched alkanes of at least 4 members (excludes halogenated alkanes) is 1. The van der Waals surface area contributed by atoms with Gasteiger partial charge in [-0.2, -0.15) is 4.57 Å². The summed E-state index contributed by atoms with van der Waals surface area (Å²) in [6, 6.07) is 10.4. The Morgan fingerprint density at radius 3 is 2.78 bits per heavy atom. The van der Waals surface area contributed by atoms with Crippen LogP contribution in [0.4, 0.5) is 0 Å². The summed E-state index contributed by atoms with van der Waals surface area (Å²) in [6.07, 6.45) is 4.30. The van der Waals surface area contributed by atoms with Gasteiger partial charge >= 0.3 is 0 Å². The number of ether oxygens (including phenoxy) is 1. The molecule has 0 spiro atoms. The maximum absolute atomic E-state index is 5.52. The van der Waals surface area contributed by atoms with Crippen molar-refractivity contribution in [3.05, 3.63) is 36.5 Å². The number of methoxy groups -OCH3 is 1. The van der Waals surface area contributed by atoms with Crippen LogP contribution in [-0.2, 0) is 6.54 Å². The van der Waals surface area contributed by atoms with Crippen molar-refractivity contribution >= 4 is 10.9 Å². The highest BCUT2D eigenvalue weighted by Crippen LogP contribution is 2.17. The zero-order chi connectivity index (χ0) is 12.1. The standard InChI is InChI=1S/C14H19N2O.ClH/c1-17-13-6-7-14-12(11-13)5-4-10-16(14)9-3-2-8-15;/h4-7,10-11H,2-3,8-9,15H2,1H3;1H/q+1;/p-1. The molecule has 1 aromatic heterocycles. The number of rotatable bonds is 5. The van der Waals surface area contributed by atoms with Crippen LogP contribution in [0.25, 0.3) is 10.9 Å². The minimum absolute atomic E-state index is 0. The number of aryl methyl sites for hydroxylation is 1. The molecule has 0 atom stereocenters. The molecule has 1 heterocycles. The molecule has 2 rings (SSSR count). The molecule has 0 unspecified atom stereocenters. The van der Waals surface area contributed by atoms with E-state index in [1.165, 1.54) is 10.9 Å².